The van der Waals surface area contributed by atoms with E-state index in [4.69, 9.17) is 0 Å². The van der Waals surface area contributed by atoms with E-state index in [0.717, 1.165) is 18.5 Å². The summed E-state index contributed by atoms with van der Waals surface area (Å²) in [5, 5.41) is 14.1. The molecule has 2 N–H and O–H groups in total. The minimum atomic E-state index is -0.656. The number of aromatic nitrogens is 1. The Balaban J connectivity index is 2.00. The first-order chi connectivity index (χ1) is 8.56. The number of hydrogen-bond donors (Lipinski definition) is 2. The molecule has 0 aliphatic rings. The summed E-state index contributed by atoms with van der Waals surface area (Å²) in [6, 6.07) is 10.3. The normalized spacial score (nSPS) is 11.9. The van der Waals surface area contributed by atoms with E-state index in [1.54, 1.807) is 13.8 Å². The van der Waals surface area contributed by atoms with Crippen LogP contribution in [0.4, 0.5) is 0 Å². The van der Waals surface area contributed by atoms with Crippen LogP contribution in [0.5, 0.6) is 0 Å². The number of nitrogens with zero attached hydrogens (tertiary/aromatic N) is 1. The predicted octanol–water partition coefficient (Wildman–Crippen LogP) is 2.14. The van der Waals surface area contributed by atoms with Crippen LogP contribution in [0, 0.1) is 0 Å². The van der Waals surface area contributed by atoms with Crippen LogP contribution in [0.15, 0.2) is 36.5 Å². The zero-order valence-electron chi connectivity index (χ0n) is 11.0. The van der Waals surface area contributed by atoms with E-state index in [1.165, 1.54) is 10.9 Å². The summed E-state index contributed by atoms with van der Waals surface area (Å²) < 4.78 is 0. The second-order valence-electron chi connectivity index (χ2n) is 5.23. The maximum Gasteiger partial charge on any atom is 0.0734 e. The van der Waals surface area contributed by atoms with Crippen molar-refractivity contribution in [3.05, 3.63) is 42.1 Å². The topological polar surface area (TPSA) is 45.1 Å². The van der Waals surface area contributed by atoms with Gasteiger partial charge in [-0.15, -0.1) is 0 Å². The van der Waals surface area contributed by atoms with Gasteiger partial charge in [0.15, 0.2) is 0 Å². The minimum absolute atomic E-state index is 0.602. The van der Waals surface area contributed by atoms with Gasteiger partial charge in [-0.1, -0.05) is 24.3 Å². The molecule has 0 fully saturated rings. The van der Waals surface area contributed by atoms with Crippen LogP contribution in [0.1, 0.15) is 19.4 Å². The smallest absolute Gasteiger partial charge is 0.0734 e. The molecule has 0 saturated carbocycles. The van der Waals surface area contributed by atoms with Gasteiger partial charge in [-0.05, 0) is 38.4 Å². The fraction of sp³-hybridized carbons (Fsp3) is 0.400. The van der Waals surface area contributed by atoms with Crippen molar-refractivity contribution >= 4 is 10.9 Å². The van der Waals surface area contributed by atoms with E-state index < -0.39 is 5.60 Å². The van der Waals surface area contributed by atoms with Gasteiger partial charge in [0, 0.05) is 18.1 Å². The lowest BCUT2D eigenvalue weighted by atomic mass is 10.1. The third-order valence-electron chi connectivity index (χ3n) is 2.85. The maximum absolute atomic E-state index is 9.61. The predicted molar refractivity (Wildman–Crippen MR) is 74.6 cm³/mol. The van der Waals surface area contributed by atoms with Gasteiger partial charge in [-0.2, -0.15) is 0 Å². The zero-order chi connectivity index (χ0) is 13.0. The molecule has 0 aliphatic carbocycles. The number of rotatable bonds is 5. The summed E-state index contributed by atoms with van der Waals surface area (Å²) in [6.45, 7) is 5.06. The van der Waals surface area contributed by atoms with Gasteiger partial charge < -0.3 is 10.4 Å². The zero-order valence-corrected chi connectivity index (χ0v) is 11.0. The first-order valence-corrected chi connectivity index (χ1v) is 6.32. The number of para-hydroxylation sites is 1. The molecule has 1 aromatic heterocycles. The van der Waals surface area contributed by atoms with Crippen molar-refractivity contribution < 1.29 is 5.11 Å². The molecule has 2 aromatic rings. The summed E-state index contributed by atoms with van der Waals surface area (Å²) in [5.74, 6) is 0. The Hall–Kier alpha value is -1.45. The standard InChI is InChI=1S/C15H20N2O/c1-15(2,18)11-16-10-8-13-6-3-5-12-7-4-9-17-14(12)13/h3-7,9,16,18H,8,10-11H2,1-2H3. The van der Waals surface area contributed by atoms with Gasteiger partial charge >= 0.3 is 0 Å². The molecule has 1 heterocycles. The number of hydrogen-bond acceptors (Lipinski definition) is 3. The molecule has 0 bridgehead atoms. The summed E-state index contributed by atoms with van der Waals surface area (Å²) in [7, 11) is 0. The average Bonchev–Trinajstić information content (AvgIpc) is 2.33. The SMILES string of the molecule is CC(C)(O)CNCCc1cccc2cccnc12. The summed E-state index contributed by atoms with van der Waals surface area (Å²) in [5.41, 5.74) is 1.66. The van der Waals surface area contributed by atoms with Crippen molar-refractivity contribution in [2.24, 2.45) is 0 Å². The number of benzene rings is 1. The summed E-state index contributed by atoms with van der Waals surface area (Å²) in [6.07, 6.45) is 2.75. The van der Waals surface area contributed by atoms with Gasteiger partial charge in [0.25, 0.3) is 0 Å². The highest BCUT2D eigenvalue weighted by molar-refractivity contribution is 5.81. The second kappa shape index (κ2) is 5.46. The molecule has 0 radical (unpaired) electrons. The molecule has 0 spiro atoms. The first-order valence-electron chi connectivity index (χ1n) is 6.32. The third-order valence-corrected chi connectivity index (χ3v) is 2.85. The lowest BCUT2D eigenvalue weighted by Crippen LogP contribution is -2.35. The van der Waals surface area contributed by atoms with Crippen LogP contribution in [-0.4, -0.2) is 28.8 Å². The van der Waals surface area contributed by atoms with E-state index in [1.807, 2.05) is 12.3 Å². The van der Waals surface area contributed by atoms with Crippen LogP contribution in [0.3, 0.4) is 0 Å². The number of fused-ring (bicyclic) bond motifs is 1. The van der Waals surface area contributed by atoms with E-state index in [9.17, 15) is 5.11 Å². The summed E-state index contributed by atoms with van der Waals surface area (Å²) in [4.78, 5) is 4.43. The Bertz CT molecular complexity index is 512. The number of aliphatic hydroxyl groups is 1. The molecule has 2 rings (SSSR count). The van der Waals surface area contributed by atoms with Crippen molar-refractivity contribution in [3.63, 3.8) is 0 Å². The van der Waals surface area contributed by atoms with E-state index in [0.29, 0.717) is 6.54 Å². The first kappa shape index (κ1) is 13.0. The minimum Gasteiger partial charge on any atom is -0.389 e. The Morgan fingerprint density at radius 3 is 2.78 bits per heavy atom. The molecule has 0 amide bonds. The fourth-order valence-electron chi connectivity index (χ4n) is 1.99. The molecular weight excluding hydrogens is 224 g/mol. The fourth-order valence-corrected chi connectivity index (χ4v) is 1.99. The van der Waals surface area contributed by atoms with Crippen LogP contribution in [0.2, 0.25) is 0 Å². The van der Waals surface area contributed by atoms with Crippen molar-refractivity contribution in [2.75, 3.05) is 13.1 Å². The second-order valence-corrected chi connectivity index (χ2v) is 5.23. The van der Waals surface area contributed by atoms with E-state index in [-0.39, 0.29) is 0 Å². The summed E-state index contributed by atoms with van der Waals surface area (Å²) >= 11 is 0. The molecule has 96 valence electrons. The quantitative estimate of drug-likeness (QED) is 0.792. The Kier molecular flexibility index (Phi) is 3.94. The third kappa shape index (κ3) is 3.52. The van der Waals surface area contributed by atoms with Crippen molar-refractivity contribution in [1.29, 1.82) is 0 Å². The lowest BCUT2D eigenvalue weighted by molar-refractivity contribution is 0.0801. The van der Waals surface area contributed by atoms with Crippen LogP contribution in [0.25, 0.3) is 10.9 Å². The highest BCUT2D eigenvalue weighted by atomic mass is 16.3. The Morgan fingerprint density at radius 2 is 2.00 bits per heavy atom. The molecule has 0 saturated heterocycles. The average molecular weight is 244 g/mol. The molecular formula is C15H20N2O. The molecule has 18 heavy (non-hydrogen) atoms. The van der Waals surface area contributed by atoms with Crippen LogP contribution < -0.4 is 5.32 Å². The van der Waals surface area contributed by atoms with E-state index in [2.05, 4.69) is 34.6 Å². The molecule has 0 aliphatic heterocycles. The molecule has 3 heteroatoms. The molecule has 1 aromatic carbocycles. The molecule has 0 unspecified atom stereocenters. The van der Waals surface area contributed by atoms with Crippen molar-refractivity contribution in [1.82, 2.24) is 10.3 Å². The van der Waals surface area contributed by atoms with Gasteiger partial charge in [-0.25, -0.2) is 0 Å². The van der Waals surface area contributed by atoms with Crippen LogP contribution in [-0.2, 0) is 6.42 Å². The van der Waals surface area contributed by atoms with Gasteiger partial charge in [-0.3, -0.25) is 4.98 Å². The van der Waals surface area contributed by atoms with Gasteiger partial charge in [0.2, 0.25) is 0 Å². The van der Waals surface area contributed by atoms with Crippen molar-refractivity contribution in [2.45, 2.75) is 25.9 Å². The number of pyridine rings is 1. The lowest BCUT2D eigenvalue weighted by Gasteiger charge is -2.17. The molecule has 0 atom stereocenters. The maximum atomic E-state index is 9.61. The van der Waals surface area contributed by atoms with E-state index >= 15 is 0 Å². The highest BCUT2D eigenvalue weighted by Gasteiger charge is 2.10. The van der Waals surface area contributed by atoms with Crippen molar-refractivity contribution in [3.8, 4) is 0 Å². The monoisotopic (exact) mass is 244 g/mol. The molecule has 3 nitrogen and oxygen atoms in total. The van der Waals surface area contributed by atoms with Gasteiger partial charge in [0.1, 0.15) is 0 Å². The van der Waals surface area contributed by atoms with Gasteiger partial charge in [0.05, 0.1) is 11.1 Å². The Morgan fingerprint density at radius 1 is 1.22 bits per heavy atom. The highest BCUT2D eigenvalue weighted by Crippen LogP contribution is 2.15. The van der Waals surface area contributed by atoms with Crippen LogP contribution >= 0.6 is 0 Å². The number of nitrogens with one attached hydrogen (secondary N) is 1. The largest absolute Gasteiger partial charge is 0.389 e. The Labute approximate surface area is 108 Å².